The number of aromatic nitrogens is 1. The standard InChI is InChI=1S/C30H27NO3S/c1-17-10-13-21(14-11-17)20(4)34-25-15-12-18(2)28-27(25)23(30(32)33-5)16-24(31-28)29-19(3)22-8-6-7-9-26(22)35-29/h6-16,20H,1-5H3/t20-/m1/s1. The summed E-state index contributed by atoms with van der Waals surface area (Å²) in [6.45, 7) is 8.18. The number of carbonyl (C=O) groups excluding carboxylic acids is 1. The maximum Gasteiger partial charge on any atom is 0.338 e. The van der Waals surface area contributed by atoms with E-state index in [0.29, 0.717) is 16.7 Å². The third kappa shape index (κ3) is 4.17. The first-order valence-electron chi connectivity index (χ1n) is 11.6. The van der Waals surface area contributed by atoms with Gasteiger partial charge in [0.2, 0.25) is 0 Å². The molecule has 5 aromatic rings. The number of rotatable bonds is 5. The molecule has 0 saturated heterocycles. The van der Waals surface area contributed by atoms with Gasteiger partial charge in [-0.3, -0.25) is 0 Å². The number of benzene rings is 3. The highest BCUT2D eigenvalue weighted by Crippen LogP contribution is 2.41. The Labute approximate surface area is 209 Å². The van der Waals surface area contributed by atoms with Crippen molar-refractivity contribution < 1.29 is 14.3 Å². The average Bonchev–Trinajstić information content (AvgIpc) is 3.21. The van der Waals surface area contributed by atoms with E-state index in [1.165, 1.54) is 22.8 Å². The molecule has 35 heavy (non-hydrogen) atoms. The van der Waals surface area contributed by atoms with Crippen LogP contribution in [0.2, 0.25) is 0 Å². The van der Waals surface area contributed by atoms with E-state index in [1.54, 1.807) is 11.3 Å². The Balaban J connectivity index is 1.69. The summed E-state index contributed by atoms with van der Waals surface area (Å²) in [5.74, 6) is 0.210. The number of ether oxygens (including phenoxy) is 2. The molecule has 4 nitrogen and oxygen atoms in total. The molecule has 0 aliphatic rings. The largest absolute Gasteiger partial charge is 0.485 e. The lowest BCUT2D eigenvalue weighted by molar-refractivity contribution is 0.0602. The van der Waals surface area contributed by atoms with Crippen LogP contribution in [0.3, 0.4) is 0 Å². The summed E-state index contributed by atoms with van der Waals surface area (Å²) in [6, 6.07) is 22.4. The van der Waals surface area contributed by atoms with Crippen LogP contribution < -0.4 is 4.74 Å². The summed E-state index contributed by atoms with van der Waals surface area (Å²) < 4.78 is 12.8. The Bertz CT molecular complexity index is 1570. The molecular formula is C30H27NO3S. The summed E-state index contributed by atoms with van der Waals surface area (Å²) in [4.78, 5) is 19.1. The van der Waals surface area contributed by atoms with Crippen LogP contribution in [-0.4, -0.2) is 18.1 Å². The minimum atomic E-state index is -0.407. The minimum absolute atomic E-state index is 0.198. The zero-order chi connectivity index (χ0) is 24.7. The number of pyridine rings is 1. The van der Waals surface area contributed by atoms with Gasteiger partial charge in [0.1, 0.15) is 11.9 Å². The first kappa shape index (κ1) is 23.1. The zero-order valence-corrected chi connectivity index (χ0v) is 21.3. The molecule has 0 bridgehead atoms. The fraction of sp³-hybridized carbons (Fsp3) is 0.200. The Morgan fingerprint density at radius 1 is 0.971 bits per heavy atom. The van der Waals surface area contributed by atoms with Gasteiger partial charge in [0.25, 0.3) is 0 Å². The molecule has 3 aromatic carbocycles. The first-order valence-corrected chi connectivity index (χ1v) is 12.4. The van der Waals surface area contributed by atoms with Crippen LogP contribution in [0.25, 0.3) is 31.6 Å². The summed E-state index contributed by atoms with van der Waals surface area (Å²) in [7, 11) is 1.41. The molecule has 0 N–H and O–H groups in total. The average molecular weight is 482 g/mol. The highest BCUT2D eigenvalue weighted by atomic mass is 32.1. The number of thiophene rings is 1. The highest BCUT2D eigenvalue weighted by Gasteiger charge is 2.22. The van der Waals surface area contributed by atoms with E-state index in [2.05, 4.69) is 50.2 Å². The number of methoxy groups -OCH3 is 1. The molecule has 0 aliphatic heterocycles. The van der Waals surface area contributed by atoms with Crippen LogP contribution in [0, 0.1) is 20.8 Å². The van der Waals surface area contributed by atoms with Gasteiger partial charge in [-0.05, 0) is 68.0 Å². The molecule has 5 rings (SSSR count). The monoisotopic (exact) mass is 481 g/mol. The second kappa shape index (κ2) is 9.16. The predicted octanol–water partition coefficient (Wildman–Crippen LogP) is 7.97. The summed E-state index contributed by atoms with van der Waals surface area (Å²) >= 11 is 1.69. The lowest BCUT2D eigenvalue weighted by atomic mass is 10.0. The molecule has 0 saturated carbocycles. The van der Waals surface area contributed by atoms with Gasteiger partial charge in [0, 0.05) is 4.70 Å². The summed E-state index contributed by atoms with van der Waals surface area (Å²) in [5, 5.41) is 1.88. The number of hydrogen-bond acceptors (Lipinski definition) is 5. The molecule has 0 spiro atoms. The molecule has 176 valence electrons. The first-order chi connectivity index (χ1) is 16.9. The van der Waals surface area contributed by atoms with Crippen molar-refractivity contribution in [1.82, 2.24) is 4.98 Å². The number of nitrogens with zero attached hydrogens (tertiary/aromatic N) is 1. The van der Waals surface area contributed by atoms with E-state index in [1.807, 2.05) is 44.2 Å². The molecule has 2 aromatic heterocycles. The molecule has 0 unspecified atom stereocenters. The number of hydrogen-bond donors (Lipinski definition) is 0. The van der Waals surface area contributed by atoms with Gasteiger partial charge in [-0.2, -0.15) is 0 Å². The van der Waals surface area contributed by atoms with E-state index in [0.717, 1.165) is 32.8 Å². The Morgan fingerprint density at radius 3 is 2.43 bits per heavy atom. The number of fused-ring (bicyclic) bond motifs is 2. The van der Waals surface area contributed by atoms with Crippen LogP contribution in [0.5, 0.6) is 5.75 Å². The smallest absolute Gasteiger partial charge is 0.338 e. The highest BCUT2D eigenvalue weighted by molar-refractivity contribution is 7.22. The van der Waals surface area contributed by atoms with Gasteiger partial charge >= 0.3 is 5.97 Å². The van der Waals surface area contributed by atoms with Crippen molar-refractivity contribution in [1.29, 1.82) is 0 Å². The fourth-order valence-corrected chi connectivity index (χ4v) is 5.61. The predicted molar refractivity (Wildman–Crippen MR) is 144 cm³/mol. The maximum absolute atomic E-state index is 13.0. The SMILES string of the molecule is COC(=O)c1cc(-c2sc3ccccc3c2C)nc2c(C)ccc(O[C@H](C)c3ccc(C)cc3)c12. The Hall–Kier alpha value is -3.70. The van der Waals surface area contributed by atoms with Gasteiger partial charge in [0.05, 0.1) is 34.1 Å². The van der Waals surface area contributed by atoms with E-state index in [-0.39, 0.29) is 6.10 Å². The molecule has 0 radical (unpaired) electrons. The van der Waals surface area contributed by atoms with Gasteiger partial charge in [-0.1, -0.05) is 54.1 Å². The molecule has 0 aliphatic carbocycles. The van der Waals surface area contributed by atoms with Crippen molar-refractivity contribution in [2.24, 2.45) is 0 Å². The van der Waals surface area contributed by atoms with Gasteiger partial charge < -0.3 is 9.47 Å². The lowest BCUT2D eigenvalue weighted by Gasteiger charge is -2.19. The molecule has 1 atom stereocenters. The van der Waals surface area contributed by atoms with Crippen LogP contribution in [0.15, 0.2) is 66.7 Å². The summed E-state index contributed by atoms with van der Waals surface area (Å²) in [5.41, 5.74) is 6.36. The quantitative estimate of drug-likeness (QED) is 0.239. The normalized spacial score (nSPS) is 12.1. The Morgan fingerprint density at radius 2 is 1.71 bits per heavy atom. The lowest BCUT2D eigenvalue weighted by Crippen LogP contribution is -2.08. The van der Waals surface area contributed by atoms with E-state index in [9.17, 15) is 4.79 Å². The van der Waals surface area contributed by atoms with Crippen molar-refractivity contribution in [3.05, 3.63) is 94.5 Å². The van der Waals surface area contributed by atoms with Crippen molar-refractivity contribution >= 4 is 38.3 Å². The van der Waals surface area contributed by atoms with Crippen molar-refractivity contribution in [3.63, 3.8) is 0 Å². The van der Waals surface area contributed by atoms with Gasteiger partial charge in [-0.15, -0.1) is 11.3 Å². The molecule has 0 amide bonds. The fourth-order valence-electron chi connectivity index (χ4n) is 4.44. The Kier molecular flexibility index (Phi) is 6.03. The van der Waals surface area contributed by atoms with Crippen LogP contribution in [0.1, 0.15) is 45.6 Å². The molecule has 5 heteroatoms. The number of carbonyl (C=O) groups is 1. The topological polar surface area (TPSA) is 48.4 Å². The van der Waals surface area contributed by atoms with Crippen LogP contribution in [0.4, 0.5) is 0 Å². The summed E-state index contributed by atoms with van der Waals surface area (Å²) in [6.07, 6.45) is -0.198. The second-order valence-corrected chi connectivity index (χ2v) is 9.93. The van der Waals surface area contributed by atoms with Crippen LogP contribution in [-0.2, 0) is 4.74 Å². The molecular weight excluding hydrogens is 454 g/mol. The molecule has 2 heterocycles. The van der Waals surface area contributed by atoms with Crippen molar-refractivity contribution in [3.8, 4) is 16.3 Å². The third-order valence-corrected chi connectivity index (χ3v) is 7.75. The van der Waals surface area contributed by atoms with Gasteiger partial charge in [-0.25, -0.2) is 9.78 Å². The third-order valence-electron chi connectivity index (χ3n) is 6.46. The zero-order valence-electron chi connectivity index (χ0n) is 20.5. The van der Waals surface area contributed by atoms with Crippen LogP contribution >= 0.6 is 11.3 Å². The van der Waals surface area contributed by atoms with Gasteiger partial charge in [0.15, 0.2) is 0 Å². The number of aryl methyl sites for hydroxylation is 3. The maximum atomic E-state index is 13.0. The van der Waals surface area contributed by atoms with E-state index in [4.69, 9.17) is 14.5 Å². The van der Waals surface area contributed by atoms with Crippen molar-refractivity contribution in [2.45, 2.75) is 33.8 Å². The van der Waals surface area contributed by atoms with E-state index >= 15 is 0 Å². The van der Waals surface area contributed by atoms with Crippen molar-refractivity contribution in [2.75, 3.05) is 7.11 Å². The second-order valence-electron chi connectivity index (χ2n) is 8.87. The van der Waals surface area contributed by atoms with E-state index < -0.39 is 5.97 Å². The minimum Gasteiger partial charge on any atom is -0.485 e. The molecule has 0 fully saturated rings. The number of esters is 1.